The van der Waals surface area contributed by atoms with Crippen molar-refractivity contribution in [1.82, 2.24) is 15.5 Å². The highest BCUT2D eigenvalue weighted by Crippen LogP contribution is 2.32. The molecule has 0 aliphatic rings. The van der Waals surface area contributed by atoms with Gasteiger partial charge < -0.3 is 5.32 Å². The van der Waals surface area contributed by atoms with Gasteiger partial charge in [0.15, 0.2) is 5.01 Å². The maximum Gasteiger partial charge on any atom is 0.158 e. The Kier molecular flexibility index (Phi) is 5.28. The van der Waals surface area contributed by atoms with Gasteiger partial charge in [0.2, 0.25) is 0 Å². The molecule has 2 heterocycles. The summed E-state index contributed by atoms with van der Waals surface area (Å²) in [7, 11) is 0. The molecule has 0 saturated heterocycles. The van der Waals surface area contributed by atoms with Gasteiger partial charge >= 0.3 is 0 Å². The number of nitrogens with zero attached hydrogens (tertiary/aromatic N) is 2. The predicted octanol–water partition coefficient (Wildman–Crippen LogP) is 3.37. The number of hydrogen-bond acceptors (Lipinski definition) is 5. The number of aromatic nitrogens is 2. The second kappa shape index (κ2) is 6.97. The van der Waals surface area contributed by atoms with Crippen LogP contribution in [0.4, 0.5) is 0 Å². The molecule has 0 bridgehead atoms. The second-order valence-electron chi connectivity index (χ2n) is 4.13. The Morgan fingerprint density at radius 2 is 2.11 bits per heavy atom. The van der Waals surface area contributed by atoms with E-state index in [9.17, 15) is 0 Å². The van der Waals surface area contributed by atoms with E-state index < -0.39 is 0 Å². The van der Waals surface area contributed by atoms with E-state index in [1.165, 1.54) is 16.9 Å². The van der Waals surface area contributed by atoms with Gasteiger partial charge in [-0.1, -0.05) is 25.2 Å². The van der Waals surface area contributed by atoms with Crippen molar-refractivity contribution in [3.8, 4) is 9.88 Å². The Morgan fingerprint density at radius 1 is 1.22 bits per heavy atom. The summed E-state index contributed by atoms with van der Waals surface area (Å²) in [5.41, 5.74) is 1.38. The average molecular weight is 281 g/mol. The standard InChI is InChI=1S/C13H19N3S2/c1-3-7-14-8-5-11-15-16-13(18-11)12-10(4-2)6-9-17-12/h6,9,14H,3-5,7-8H2,1-2H3. The first-order chi connectivity index (χ1) is 8.85. The molecule has 0 radical (unpaired) electrons. The summed E-state index contributed by atoms with van der Waals surface area (Å²) >= 11 is 3.49. The van der Waals surface area contributed by atoms with Gasteiger partial charge in [-0.2, -0.15) is 0 Å². The van der Waals surface area contributed by atoms with Crippen molar-refractivity contribution >= 4 is 22.7 Å². The predicted molar refractivity (Wildman–Crippen MR) is 79.5 cm³/mol. The number of thiophene rings is 1. The highest BCUT2D eigenvalue weighted by atomic mass is 32.1. The number of hydrogen-bond donors (Lipinski definition) is 1. The lowest BCUT2D eigenvalue weighted by molar-refractivity contribution is 0.668. The van der Waals surface area contributed by atoms with Crippen LogP contribution in [0.3, 0.4) is 0 Å². The minimum atomic E-state index is 0.977. The number of aryl methyl sites for hydroxylation is 1. The highest BCUT2D eigenvalue weighted by Gasteiger charge is 2.11. The monoisotopic (exact) mass is 281 g/mol. The molecule has 0 spiro atoms. The minimum Gasteiger partial charge on any atom is -0.316 e. The third-order valence-corrected chi connectivity index (χ3v) is 4.82. The Hall–Kier alpha value is -0.780. The summed E-state index contributed by atoms with van der Waals surface area (Å²) in [6.45, 7) is 6.44. The summed E-state index contributed by atoms with van der Waals surface area (Å²) in [4.78, 5) is 1.29. The molecule has 5 heteroatoms. The van der Waals surface area contributed by atoms with E-state index in [2.05, 4.69) is 40.8 Å². The van der Waals surface area contributed by atoms with Crippen molar-refractivity contribution in [1.29, 1.82) is 0 Å². The van der Waals surface area contributed by atoms with E-state index in [1.54, 1.807) is 22.7 Å². The fraction of sp³-hybridized carbons (Fsp3) is 0.538. The Labute approximate surface area is 116 Å². The van der Waals surface area contributed by atoms with Crippen LogP contribution in [-0.2, 0) is 12.8 Å². The van der Waals surface area contributed by atoms with E-state index in [0.29, 0.717) is 0 Å². The first-order valence-electron chi connectivity index (χ1n) is 6.45. The summed E-state index contributed by atoms with van der Waals surface area (Å²) in [5, 5.41) is 16.3. The van der Waals surface area contributed by atoms with E-state index in [-0.39, 0.29) is 0 Å². The zero-order chi connectivity index (χ0) is 12.8. The second-order valence-corrected chi connectivity index (χ2v) is 6.11. The fourth-order valence-corrected chi connectivity index (χ4v) is 3.70. The van der Waals surface area contributed by atoms with Crippen LogP contribution in [0.2, 0.25) is 0 Å². The van der Waals surface area contributed by atoms with Crippen LogP contribution in [0.15, 0.2) is 11.4 Å². The molecule has 3 nitrogen and oxygen atoms in total. The molecule has 98 valence electrons. The molecule has 0 fully saturated rings. The SMILES string of the molecule is CCCNCCc1nnc(-c2sccc2CC)s1. The first kappa shape index (κ1) is 13.6. The van der Waals surface area contributed by atoms with Gasteiger partial charge in [-0.25, -0.2) is 0 Å². The van der Waals surface area contributed by atoms with Crippen molar-refractivity contribution in [2.24, 2.45) is 0 Å². The molecule has 0 aromatic carbocycles. The molecule has 2 aromatic rings. The topological polar surface area (TPSA) is 37.8 Å². The van der Waals surface area contributed by atoms with Crippen molar-refractivity contribution in [3.05, 3.63) is 22.0 Å². The van der Waals surface area contributed by atoms with Gasteiger partial charge in [-0.3, -0.25) is 0 Å². The normalized spacial score (nSPS) is 11.0. The molecular weight excluding hydrogens is 262 g/mol. The van der Waals surface area contributed by atoms with Crippen LogP contribution < -0.4 is 5.32 Å². The Balaban J connectivity index is 1.97. The van der Waals surface area contributed by atoms with Crippen molar-refractivity contribution in [2.45, 2.75) is 33.1 Å². The summed E-state index contributed by atoms with van der Waals surface area (Å²) in [5.74, 6) is 0. The Bertz CT molecular complexity index is 476. The van der Waals surface area contributed by atoms with Crippen molar-refractivity contribution in [2.75, 3.05) is 13.1 Å². The maximum absolute atomic E-state index is 4.32. The van der Waals surface area contributed by atoms with Gasteiger partial charge in [0.05, 0.1) is 4.88 Å². The molecule has 18 heavy (non-hydrogen) atoms. The molecule has 0 saturated carbocycles. The van der Waals surface area contributed by atoms with Gasteiger partial charge in [0.25, 0.3) is 0 Å². The zero-order valence-corrected chi connectivity index (χ0v) is 12.5. The summed E-state index contributed by atoms with van der Waals surface area (Å²) < 4.78 is 0. The van der Waals surface area contributed by atoms with Gasteiger partial charge in [0.1, 0.15) is 5.01 Å². The maximum atomic E-state index is 4.32. The summed E-state index contributed by atoms with van der Waals surface area (Å²) in [6, 6.07) is 2.18. The van der Waals surface area contributed by atoms with E-state index in [0.717, 1.165) is 35.9 Å². The molecule has 0 unspecified atom stereocenters. The lowest BCUT2D eigenvalue weighted by atomic mass is 10.2. The number of rotatable bonds is 7. The molecule has 0 aliphatic carbocycles. The molecule has 1 N–H and O–H groups in total. The van der Waals surface area contributed by atoms with E-state index >= 15 is 0 Å². The van der Waals surface area contributed by atoms with Crippen LogP contribution in [0.1, 0.15) is 30.8 Å². The Morgan fingerprint density at radius 3 is 2.89 bits per heavy atom. The zero-order valence-electron chi connectivity index (χ0n) is 10.9. The molecular formula is C13H19N3S2. The first-order valence-corrected chi connectivity index (χ1v) is 8.14. The van der Waals surface area contributed by atoms with Crippen LogP contribution in [0.5, 0.6) is 0 Å². The molecule has 2 rings (SSSR count). The quantitative estimate of drug-likeness (QED) is 0.791. The largest absolute Gasteiger partial charge is 0.316 e. The third kappa shape index (κ3) is 3.37. The van der Waals surface area contributed by atoms with Crippen molar-refractivity contribution < 1.29 is 0 Å². The van der Waals surface area contributed by atoms with Gasteiger partial charge in [-0.15, -0.1) is 21.5 Å². The highest BCUT2D eigenvalue weighted by molar-refractivity contribution is 7.20. The number of nitrogens with one attached hydrogen (secondary N) is 1. The van der Waals surface area contributed by atoms with Crippen molar-refractivity contribution in [3.63, 3.8) is 0 Å². The lowest BCUT2D eigenvalue weighted by Crippen LogP contribution is -2.17. The van der Waals surface area contributed by atoms with Gasteiger partial charge in [0, 0.05) is 13.0 Å². The van der Waals surface area contributed by atoms with Gasteiger partial charge in [-0.05, 0) is 36.4 Å². The smallest absolute Gasteiger partial charge is 0.158 e. The summed E-state index contributed by atoms with van der Waals surface area (Å²) in [6.07, 6.45) is 3.22. The van der Waals surface area contributed by atoms with E-state index in [1.807, 2.05) is 0 Å². The van der Waals surface area contributed by atoms with Crippen LogP contribution in [-0.4, -0.2) is 23.3 Å². The third-order valence-electron chi connectivity index (χ3n) is 2.73. The van der Waals surface area contributed by atoms with Crippen LogP contribution in [0, 0.1) is 0 Å². The average Bonchev–Trinajstić information content (AvgIpc) is 3.02. The molecule has 0 amide bonds. The van der Waals surface area contributed by atoms with E-state index in [4.69, 9.17) is 0 Å². The molecule has 0 atom stereocenters. The molecule has 2 aromatic heterocycles. The molecule has 0 aliphatic heterocycles. The van der Waals surface area contributed by atoms with Crippen LogP contribution >= 0.6 is 22.7 Å². The fourth-order valence-electron chi connectivity index (χ4n) is 1.75. The van der Waals surface area contributed by atoms with Crippen LogP contribution in [0.25, 0.3) is 9.88 Å². The lowest BCUT2D eigenvalue weighted by Gasteiger charge is -1.98. The minimum absolute atomic E-state index is 0.977.